The summed E-state index contributed by atoms with van der Waals surface area (Å²) in [7, 11) is 3.12. The summed E-state index contributed by atoms with van der Waals surface area (Å²) >= 11 is 0. The Hall–Kier alpha value is -3.90. The molecule has 0 spiro atoms. The second-order valence-electron chi connectivity index (χ2n) is 8.55. The normalized spacial score (nSPS) is 16.6. The van der Waals surface area contributed by atoms with Crippen LogP contribution in [0.25, 0.3) is 11.6 Å². The molecule has 6 heteroatoms. The van der Waals surface area contributed by atoms with Crippen molar-refractivity contribution >= 4 is 17.4 Å². The largest absolute Gasteiger partial charge is 0.496 e. The highest BCUT2D eigenvalue weighted by Gasteiger charge is 2.36. The number of hydrogen-bond donors (Lipinski definition) is 0. The molecule has 3 aromatic carbocycles. The molecule has 0 N–H and O–H groups in total. The van der Waals surface area contributed by atoms with E-state index in [4.69, 9.17) is 14.2 Å². The summed E-state index contributed by atoms with van der Waals surface area (Å²) in [5.41, 5.74) is 4.17. The van der Waals surface area contributed by atoms with Crippen molar-refractivity contribution in [3.63, 3.8) is 0 Å². The molecular weight excluding hydrogens is 445 g/mol. The van der Waals surface area contributed by atoms with E-state index in [9.17, 15) is 9.18 Å². The zero-order valence-electron chi connectivity index (χ0n) is 19.7. The summed E-state index contributed by atoms with van der Waals surface area (Å²) in [4.78, 5) is 15.7. The van der Waals surface area contributed by atoms with Crippen LogP contribution < -0.4 is 14.2 Å². The summed E-state index contributed by atoms with van der Waals surface area (Å²) in [5, 5.41) is 0. The molecule has 0 unspecified atom stereocenters. The fraction of sp³-hybridized carbons (Fsp3) is 0.207. The summed E-state index contributed by atoms with van der Waals surface area (Å²) in [5.74, 6) is 0.999. The molecule has 0 saturated carbocycles. The number of ketones is 1. The molecule has 0 aromatic heterocycles. The molecule has 5 nitrogen and oxygen atoms in total. The van der Waals surface area contributed by atoms with Crippen molar-refractivity contribution in [3.8, 4) is 17.2 Å². The van der Waals surface area contributed by atoms with Crippen molar-refractivity contribution in [1.29, 1.82) is 0 Å². The van der Waals surface area contributed by atoms with Gasteiger partial charge in [-0.25, -0.2) is 4.39 Å². The molecular formula is C29H26FNO4. The molecule has 0 radical (unpaired) electrons. The van der Waals surface area contributed by atoms with Crippen LogP contribution in [0.3, 0.4) is 0 Å². The molecule has 0 amide bonds. The molecule has 2 heterocycles. The van der Waals surface area contributed by atoms with Crippen LogP contribution in [0.1, 0.15) is 33.5 Å². The van der Waals surface area contributed by atoms with E-state index < -0.39 is 0 Å². The number of methoxy groups -OCH3 is 2. The van der Waals surface area contributed by atoms with Crippen LogP contribution >= 0.6 is 0 Å². The number of allylic oxidation sites excluding steroid dienone is 1. The standard InChI is InChI=1S/C29H26FNO4/c1-33-23-17-24(34-2)27-28(32)25(16-19-8-10-22(30)11-9-19)35-29(27)26(23)21-12-14-31(15-13-21)18-20-6-4-3-5-7-20/h3-12,16-17H,13-15,18H2,1-2H3. The number of benzene rings is 3. The maximum Gasteiger partial charge on any atom is 0.235 e. The molecule has 5 rings (SSSR count). The Balaban J connectivity index is 1.49. The second kappa shape index (κ2) is 9.76. The predicted octanol–water partition coefficient (Wildman–Crippen LogP) is 5.75. The quantitative estimate of drug-likeness (QED) is 0.429. The van der Waals surface area contributed by atoms with Gasteiger partial charge in [-0.1, -0.05) is 48.5 Å². The first-order valence-corrected chi connectivity index (χ1v) is 11.5. The lowest BCUT2D eigenvalue weighted by atomic mass is 9.94. The zero-order valence-corrected chi connectivity index (χ0v) is 19.7. The molecule has 0 bridgehead atoms. The first-order chi connectivity index (χ1) is 17.1. The van der Waals surface area contributed by atoms with Crippen molar-refractivity contribution in [2.24, 2.45) is 0 Å². The molecule has 0 saturated heterocycles. The second-order valence-corrected chi connectivity index (χ2v) is 8.55. The van der Waals surface area contributed by atoms with E-state index in [1.54, 1.807) is 31.4 Å². The zero-order chi connectivity index (χ0) is 24.4. The van der Waals surface area contributed by atoms with Gasteiger partial charge in [-0.3, -0.25) is 9.69 Å². The lowest BCUT2D eigenvalue weighted by Crippen LogP contribution is -2.28. The van der Waals surface area contributed by atoms with E-state index in [0.29, 0.717) is 28.4 Å². The summed E-state index contributed by atoms with van der Waals surface area (Å²) in [6, 6.07) is 18.0. The van der Waals surface area contributed by atoms with Crippen LogP contribution in [-0.4, -0.2) is 38.0 Å². The molecule has 0 fully saturated rings. The van der Waals surface area contributed by atoms with E-state index >= 15 is 0 Å². The van der Waals surface area contributed by atoms with Crippen LogP contribution in [0.2, 0.25) is 0 Å². The van der Waals surface area contributed by atoms with Crippen LogP contribution in [0.15, 0.2) is 72.5 Å². The third-order valence-corrected chi connectivity index (χ3v) is 6.34. The molecule has 0 aliphatic carbocycles. The van der Waals surface area contributed by atoms with Gasteiger partial charge in [0.1, 0.15) is 22.9 Å². The Bertz CT molecular complexity index is 1310. The Morgan fingerprint density at radius 3 is 2.37 bits per heavy atom. The first kappa shape index (κ1) is 22.9. The number of carbonyl (C=O) groups excluding carboxylic acids is 1. The molecule has 178 valence electrons. The molecule has 3 aromatic rings. The number of Topliss-reactive ketones (excluding diaryl/α,β-unsaturated/α-hetero) is 1. The number of nitrogens with zero attached hydrogens (tertiary/aromatic N) is 1. The Morgan fingerprint density at radius 1 is 1.00 bits per heavy atom. The van der Waals surface area contributed by atoms with Gasteiger partial charge in [0, 0.05) is 25.7 Å². The van der Waals surface area contributed by atoms with Gasteiger partial charge < -0.3 is 14.2 Å². The van der Waals surface area contributed by atoms with Gasteiger partial charge >= 0.3 is 0 Å². The van der Waals surface area contributed by atoms with E-state index in [0.717, 1.165) is 37.2 Å². The summed E-state index contributed by atoms with van der Waals surface area (Å²) in [6.45, 7) is 2.53. The van der Waals surface area contributed by atoms with Crippen LogP contribution in [-0.2, 0) is 6.54 Å². The number of hydrogen-bond acceptors (Lipinski definition) is 5. The van der Waals surface area contributed by atoms with Gasteiger partial charge in [0.25, 0.3) is 0 Å². The third kappa shape index (κ3) is 4.57. The average molecular weight is 472 g/mol. The molecule has 2 aliphatic heterocycles. The van der Waals surface area contributed by atoms with Crippen molar-refractivity contribution in [2.75, 3.05) is 27.3 Å². The minimum Gasteiger partial charge on any atom is -0.496 e. The number of ether oxygens (including phenoxy) is 3. The Morgan fingerprint density at radius 2 is 1.71 bits per heavy atom. The topological polar surface area (TPSA) is 48.0 Å². The average Bonchev–Trinajstić information content (AvgIpc) is 3.21. The maximum absolute atomic E-state index is 13.3. The minimum atomic E-state index is -0.340. The molecule has 2 aliphatic rings. The lowest BCUT2D eigenvalue weighted by Gasteiger charge is -2.27. The fourth-order valence-corrected chi connectivity index (χ4v) is 4.56. The lowest BCUT2D eigenvalue weighted by molar-refractivity contribution is 0.101. The predicted molar refractivity (Wildman–Crippen MR) is 133 cm³/mol. The highest BCUT2D eigenvalue weighted by molar-refractivity contribution is 6.17. The highest BCUT2D eigenvalue weighted by atomic mass is 19.1. The maximum atomic E-state index is 13.3. The van der Waals surface area contributed by atoms with Crippen molar-refractivity contribution in [1.82, 2.24) is 4.90 Å². The number of halogens is 1. The van der Waals surface area contributed by atoms with Crippen molar-refractivity contribution in [3.05, 3.63) is 101 Å². The Labute approximate surface area is 204 Å². The highest BCUT2D eigenvalue weighted by Crippen LogP contribution is 2.49. The van der Waals surface area contributed by atoms with Crippen molar-refractivity contribution in [2.45, 2.75) is 13.0 Å². The van der Waals surface area contributed by atoms with Gasteiger partial charge in [0.05, 0.1) is 19.8 Å². The van der Waals surface area contributed by atoms with Gasteiger partial charge in [0.2, 0.25) is 5.78 Å². The summed E-state index contributed by atoms with van der Waals surface area (Å²) < 4.78 is 30.7. The van der Waals surface area contributed by atoms with Crippen LogP contribution in [0.4, 0.5) is 4.39 Å². The monoisotopic (exact) mass is 471 g/mol. The minimum absolute atomic E-state index is 0.168. The smallest absolute Gasteiger partial charge is 0.235 e. The Kier molecular flexibility index (Phi) is 6.38. The fourth-order valence-electron chi connectivity index (χ4n) is 4.56. The van der Waals surface area contributed by atoms with Crippen molar-refractivity contribution < 1.29 is 23.4 Å². The van der Waals surface area contributed by atoms with Gasteiger partial charge in [0.15, 0.2) is 11.5 Å². The van der Waals surface area contributed by atoms with Crippen LogP contribution in [0, 0.1) is 5.82 Å². The van der Waals surface area contributed by atoms with Crippen LogP contribution in [0.5, 0.6) is 17.2 Å². The van der Waals surface area contributed by atoms with E-state index in [1.807, 2.05) is 6.07 Å². The number of rotatable bonds is 6. The van der Waals surface area contributed by atoms with Gasteiger partial charge in [-0.05, 0) is 41.3 Å². The van der Waals surface area contributed by atoms with Gasteiger partial charge in [-0.15, -0.1) is 0 Å². The summed E-state index contributed by atoms with van der Waals surface area (Å²) in [6.07, 6.45) is 4.58. The van der Waals surface area contributed by atoms with E-state index in [1.165, 1.54) is 24.8 Å². The SMILES string of the molecule is COc1cc(OC)c(C2=CCN(Cc3ccccc3)CC2)c2c1C(=O)C(=Cc1ccc(F)cc1)O2. The molecule has 0 atom stereocenters. The first-order valence-electron chi connectivity index (χ1n) is 11.5. The molecule has 35 heavy (non-hydrogen) atoms. The van der Waals surface area contributed by atoms with E-state index in [2.05, 4.69) is 35.2 Å². The number of fused-ring (bicyclic) bond motifs is 1. The third-order valence-electron chi connectivity index (χ3n) is 6.34. The number of carbonyl (C=O) groups is 1. The van der Waals surface area contributed by atoms with Gasteiger partial charge in [-0.2, -0.15) is 0 Å². The van der Waals surface area contributed by atoms with E-state index in [-0.39, 0.29) is 17.4 Å².